The van der Waals surface area contributed by atoms with Crippen molar-refractivity contribution in [3.05, 3.63) is 39.6 Å². The molecule has 0 aliphatic carbocycles. The molecule has 102 valence electrons. The van der Waals surface area contributed by atoms with Gasteiger partial charge in [0.1, 0.15) is 6.61 Å². The van der Waals surface area contributed by atoms with Crippen molar-refractivity contribution in [1.82, 2.24) is 9.78 Å². The molecule has 0 aliphatic rings. The van der Waals surface area contributed by atoms with E-state index in [9.17, 15) is 0 Å². The molecule has 0 saturated carbocycles. The molecule has 0 spiro atoms. The van der Waals surface area contributed by atoms with Crippen molar-refractivity contribution in [1.29, 1.82) is 0 Å². The van der Waals surface area contributed by atoms with Crippen molar-refractivity contribution in [2.24, 2.45) is 7.05 Å². The van der Waals surface area contributed by atoms with Gasteiger partial charge in [-0.25, -0.2) is 0 Å². The first kappa shape index (κ1) is 14.0. The third kappa shape index (κ3) is 2.80. The monoisotopic (exact) mass is 299 g/mol. The average Bonchev–Trinajstić information content (AvgIpc) is 2.65. The van der Waals surface area contributed by atoms with Crippen molar-refractivity contribution in [3.8, 4) is 5.75 Å². The van der Waals surface area contributed by atoms with Crippen molar-refractivity contribution < 1.29 is 4.74 Å². The van der Waals surface area contributed by atoms with Gasteiger partial charge in [-0.15, -0.1) is 0 Å². The lowest BCUT2D eigenvalue weighted by molar-refractivity contribution is 0.297. The number of para-hydroxylation sites is 1. The third-order valence-electron chi connectivity index (χ3n) is 2.85. The molecule has 0 fully saturated rings. The zero-order chi connectivity index (χ0) is 14.0. The molecule has 1 aromatic heterocycles. The predicted molar refractivity (Wildman–Crippen MR) is 77.8 cm³/mol. The summed E-state index contributed by atoms with van der Waals surface area (Å²) in [6, 6.07) is 5.25. The molecular formula is C13H15Cl2N3O. The van der Waals surface area contributed by atoms with E-state index in [0.717, 1.165) is 17.8 Å². The highest BCUT2D eigenvalue weighted by Crippen LogP contribution is 2.32. The second-order valence-electron chi connectivity index (χ2n) is 4.13. The molecule has 0 aliphatic heterocycles. The van der Waals surface area contributed by atoms with Crippen LogP contribution in [0.1, 0.15) is 18.3 Å². The number of ether oxygens (including phenoxy) is 1. The zero-order valence-corrected chi connectivity index (χ0v) is 12.3. The van der Waals surface area contributed by atoms with Crippen LogP contribution in [0.25, 0.3) is 0 Å². The zero-order valence-electron chi connectivity index (χ0n) is 10.8. The second-order valence-corrected chi connectivity index (χ2v) is 4.92. The molecule has 0 bridgehead atoms. The minimum absolute atomic E-state index is 0.274. The lowest BCUT2D eigenvalue weighted by Gasteiger charge is -2.10. The van der Waals surface area contributed by atoms with Crippen LogP contribution in [0.3, 0.4) is 0 Å². The van der Waals surface area contributed by atoms with E-state index in [2.05, 4.69) is 5.10 Å². The lowest BCUT2D eigenvalue weighted by Crippen LogP contribution is -2.05. The van der Waals surface area contributed by atoms with Gasteiger partial charge in [0.2, 0.25) is 0 Å². The van der Waals surface area contributed by atoms with Crippen LogP contribution in [0, 0.1) is 0 Å². The summed E-state index contributed by atoms with van der Waals surface area (Å²) in [6.45, 7) is 2.28. The van der Waals surface area contributed by atoms with E-state index in [1.165, 1.54) is 0 Å². The Morgan fingerprint density at radius 2 is 2.11 bits per heavy atom. The summed E-state index contributed by atoms with van der Waals surface area (Å²) < 4.78 is 7.39. The Labute approximate surface area is 122 Å². The number of nitrogens with two attached hydrogens (primary N) is 1. The molecule has 0 unspecified atom stereocenters. The molecule has 2 aromatic rings. The number of aromatic nitrogens is 2. The fourth-order valence-electron chi connectivity index (χ4n) is 1.79. The number of rotatable bonds is 4. The second kappa shape index (κ2) is 5.72. The minimum atomic E-state index is 0.274. The first-order valence-electron chi connectivity index (χ1n) is 5.91. The van der Waals surface area contributed by atoms with Crippen molar-refractivity contribution in [3.63, 3.8) is 0 Å². The average molecular weight is 300 g/mol. The third-order valence-corrected chi connectivity index (χ3v) is 3.59. The van der Waals surface area contributed by atoms with Crippen molar-refractivity contribution >= 4 is 28.9 Å². The Morgan fingerprint density at radius 1 is 1.37 bits per heavy atom. The Kier molecular flexibility index (Phi) is 4.22. The fraction of sp³-hybridized carbons (Fsp3) is 0.308. The standard InChI is InChI=1S/C13H15Cl2N3O/c1-3-10-12(15)11(18(2)17-10)7-19-13-8(14)5-4-6-9(13)16/h4-6H,3,7,16H2,1-2H3. The molecule has 6 heteroatoms. The van der Waals surface area contributed by atoms with Crippen molar-refractivity contribution in [2.75, 3.05) is 5.73 Å². The highest BCUT2D eigenvalue weighted by Gasteiger charge is 2.14. The maximum Gasteiger partial charge on any atom is 0.161 e. The Balaban J connectivity index is 2.22. The molecular weight excluding hydrogens is 285 g/mol. The molecule has 2 N–H and O–H groups in total. The van der Waals surface area contributed by atoms with Crippen LogP contribution < -0.4 is 10.5 Å². The first-order valence-corrected chi connectivity index (χ1v) is 6.67. The number of nitrogens with zero attached hydrogens (tertiary/aromatic N) is 2. The van der Waals surface area contributed by atoms with Crippen LogP contribution >= 0.6 is 23.2 Å². The maximum absolute atomic E-state index is 6.25. The predicted octanol–water partition coefficient (Wildman–Crippen LogP) is 3.45. The topological polar surface area (TPSA) is 53.1 Å². The van der Waals surface area contributed by atoms with Crippen LogP contribution in [-0.4, -0.2) is 9.78 Å². The van der Waals surface area contributed by atoms with Gasteiger partial charge in [-0.2, -0.15) is 5.10 Å². The van der Waals surface area contributed by atoms with Crippen molar-refractivity contribution in [2.45, 2.75) is 20.0 Å². The molecule has 4 nitrogen and oxygen atoms in total. The number of hydrogen-bond acceptors (Lipinski definition) is 3. The molecule has 0 saturated heterocycles. The van der Waals surface area contributed by atoms with E-state index in [0.29, 0.717) is 21.5 Å². The van der Waals surface area contributed by atoms with E-state index in [1.807, 2.05) is 14.0 Å². The van der Waals surface area contributed by atoms with E-state index in [-0.39, 0.29) is 6.61 Å². The summed E-state index contributed by atoms with van der Waals surface area (Å²) in [6.07, 6.45) is 0.779. The maximum atomic E-state index is 6.25. The molecule has 0 atom stereocenters. The summed E-state index contributed by atoms with van der Waals surface area (Å²) in [5, 5.41) is 5.44. The number of hydrogen-bond donors (Lipinski definition) is 1. The number of halogens is 2. The molecule has 1 aromatic carbocycles. The summed E-state index contributed by atoms with van der Waals surface area (Å²) in [5.41, 5.74) is 7.99. The normalized spacial score (nSPS) is 10.7. The number of anilines is 1. The summed E-state index contributed by atoms with van der Waals surface area (Å²) >= 11 is 12.3. The fourth-order valence-corrected chi connectivity index (χ4v) is 2.38. The number of aryl methyl sites for hydroxylation is 2. The van der Waals surface area contributed by atoms with Gasteiger partial charge in [0.15, 0.2) is 5.75 Å². The van der Waals surface area contributed by atoms with Gasteiger partial charge in [0, 0.05) is 7.05 Å². The quantitative estimate of drug-likeness (QED) is 0.880. The van der Waals surface area contributed by atoms with Gasteiger partial charge in [0.05, 0.1) is 27.1 Å². The summed E-state index contributed by atoms with van der Waals surface area (Å²) in [5.74, 6) is 0.472. The van der Waals surface area contributed by atoms with Gasteiger partial charge in [0.25, 0.3) is 0 Å². The minimum Gasteiger partial charge on any atom is -0.484 e. The Hall–Kier alpha value is -1.39. The highest BCUT2D eigenvalue weighted by molar-refractivity contribution is 6.32. The largest absolute Gasteiger partial charge is 0.484 e. The first-order chi connectivity index (χ1) is 9.04. The van der Waals surface area contributed by atoms with Crippen LogP contribution in [0.4, 0.5) is 5.69 Å². The molecule has 0 radical (unpaired) electrons. The molecule has 2 rings (SSSR count). The lowest BCUT2D eigenvalue weighted by atomic mass is 10.3. The summed E-state index contributed by atoms with van der Waals surface area (Å²) in [7, 11) is 1.83. The van der Waals surface area contributed by atoms with Gasteiger partial charge < -0.3 is 10.5 Å². The SMILES string of the molecule is CCc1nn(C)c(COc2c(N)cccc2Cl)c1Cl. The van der Waals surface area contributed by atoms with E-state index in [1.54, 1.807) is 22.9 Å². The van der Waals surface area contributed by atoms with Gasteiger partial charge >= 0.3 is 0 Å². The number of benzene rings is 1. The Morgan fingerprint density at radius 3 is 2.68 bits per heavy atom. The molecule has 19 heavy (non-hydrogen) atoms. The molecule has 1 heterocycles. The van der Waals surface area contributed by atoms with Crippen LogP contribution in [-0.2, 0) is 20.1 Å². The Bertz CT molecular complexity index is 576. The smallest absolute Gasteiger partial charge is 0.161 e. The van der Waals surface area contributed by atoms with Crippen LogP contribution in [0.15, 0.2) is 18.2 Å². The summed E-state index contributed by atoms with van der Waals surface area (Å²) in [4.78, 5) is 0. The van der Waals surface area contributed by atoms with Crippen LogP contribution in [0.5, 0.6) is 5.75 Å². The van der Waals surface area contributed by atoms with E-state index < -0.39 is 0 Å². The van der Waals surface area contributed by atoms with Crippen LogP contribution in [0.2, 0.25) is 10.0 Å². The highest BCUT2D eigenvalue weighted by atomic mass is 35.5. The number of nitrogen functional groups attached to an aromatic ring is 1. The van der Waals surface area contributed by atoms with Gasteiger partial charge in [-0.3, -0.25) is 4.68 Å². The van der Waals surface area contributed by atoms with E-state index >= 15 is 0 Å². The van der Waals surface area contributed by atoms with Gasteiger partial charge in [-0.05, 0) is 18.6 Å². The van der Waals surface area contributed by atoms with E-state index in [4.69, 9.17) is 33.7 Å². The van der Waals surface area contributed by atoms with Gasteiger partial charge in [-0.1, -0.05) is 36.2 Å². The molecule has 0 amide bonds.